The van der Waals surface area contributed by atoms with E-state index in [0.717, 1.165) is 10.6 Å². The molecule has 0 spiro atoms. The van der Waals surface area contributed by atoms with E-state index in [9.17, 15) is 27.6 Å². The van der Waals surface area contributed by atoms with Crippen molar-refractivity contribution >= 4 is 17.7 Å². The third-order valence-electron chi connectivity index (χ3n) is 3.15. The second-order valence-electron chi connectivity index (χ2n) is 4.75. The molecule has 7 nitrogen and oxygen atoms in total. The summed E-state index contributed by atoms with van der Waals surface area (Å²) in [4.78, 5) is 34.8. The Balaban J connectivity index is 3.11. The van der Waals surface area contributed by atoms with Gasteiger partial charge >= 0.3 is 12.1 Å². The normalized spacial score (nSPS) is 12.8. The Bertz CT molecular complexity index is 636. The van der Waals surface area contributed by atoms with Crippen LogP contribution in [0.1, 0.15) is 33.5 Å². The van der Waals surface area contributed by atoms with Gasteiger partial charge in [-0.25, -0.2) is 4.79 Å². The molecule has 0 aliphatic heterocycles. The van der Waals surface area contributed by atoms with E-state index in [1.54, 1.807) is 0 Å². The Labute approximate surface area is 129 Å². The molecule has 128 valence electrons. The second-order valence-corrected chi connectivity index (χ2v) is 4.75. The molecule has 1 heterocycles. The number of methoxy groups -OCH3 is 1. The number of nitrogens with zero attached hydrogens (tertiary/aromatic N) is 1. The molecule has 0 radical (unpaired) electrons. The highest BCUT2D eigenvalue weighted by Gasteiger charge is 2.38. The van der Waals surface area contributed by atoms with Gasteiger partial charge < -0.3 is 19.7 Å². The summed E-state index contributed by atoms with van der Waals surface area (Å²) in [6.45, 7) is 0.543. The van der Waals surface area contributed by atoms with E-state index < -0.39 is 29.9 Å². The number of hydrogen-bond acceptors (Lipinski definition) is 4. The lowest BCUT2D eigenvalue weighted by atomic mass is 10.2. The quantitative estimate of drug-likeness (QED) is 0.599. The van der Waals surface area contributed by atoms with Crippen LogP contribution in [-0.2, 0) is 23.2 Å². The van der Waals surface area contributed by atoms with E-state index in [0.29, 0.717) is 6.92 Å². The van der Waals surface area contributed by atoms with Crippen LogP contribution in [0, 0.1) is 0 Å². The number of aromatic nitrogens is 1. The summed E-state index contributed by atoms with van der Waals surface area (Å²) in [6.07, 6.45) is -4.70. The zero-order valence-corrected chi connectivity index (χ0v) is 12.5. The number of halogens is 3. The number of ether oxygens (including phenoxy) is 1. The fraction of sp³-hybridized carbons (Fsp3) is 0.462. The zero-order valence-electron chi connectivity index (χ0n) is 12.5. The Morgan fingerprint density at radius 2 is 1.96 bits per heavy atom. The van der Waals surface area contributed by atoms with Crippen LogP contribution in [0.3, 0.4) is 0 Å². The standard InChI is InChI=1S/C13H15F3N2O5/c1-6(13(14,15)16)17-11(20)10(19)8-4-7(12(21)22)9(5-23-3)18(8)2/h4,6H,5H2,1-3H3,(H,17,20)(H,21,22). The molecule has 0 bridgehead atoms. The third-order valence-corrected chi connectivity index (χ3v) is 3.15. The second kappa shape index (κ2) is 6.82. The van der Waals surface area contributed by atoms with Gasteiger partial charge in [0.1, 0.15) is 6.04 Å². The molecule has 10 heteroatoms. The van der Waals surface area contributed by atoms with Gasteiger partial charge in [-0.05, 0) is 13.0 Å². The lowest BCUT2D eigenvalue weighted by molar-refractivity contribution is -0.156. The maximum absolute atomic E-state index is 12.4. The highest BCUT2D eigenvalue weighted by Crippen LogP contribution is 2.20. The Morgan fingerprint density at radius 3 is 2.39 bits per heavy atom. The molecule has 0 aliphatic carbocycles. The van der Waals surface area contributed by atoms with E-state index in [1.165, 1.54) is 19.5 Å². The molecule has 0 aromatic carbocycles. The summed E-state index contributed by atoms with van der Waals surface area (Å²) in [5, 5.41) is 10.6. The number of nitrogens with one attached hydrogen (secondary N) is 1. The predicted molar refractivity (Wildman–Crippen MR) is 71.1 cm³/mol. The first-order chi connectivity index (χ1) is 10.5. The number of ketones is 1. The van der Waals surface area contributed by atoms with Gasteiger partial charge in [0.2, 0.25) is 0 Å². The molecule has 0 fully saturated rings. The number of carbonyl (C=O) groups is 3. The van der Waals surface area contributed by atoms with Crippen molar-refractivity contribution < 1.29 is 37.4 Å². The number of carboxylic acid groups (broad SMARTS) is 1. The number of aromatic carboxylic acids is 1. The van der Waals surface area contributed by atoms with Crippen molar-refractivity contribution in [1.82, 2.24) is 9.88 Å². The molecule has 23 heavy (non-hydrogen) atoms. The van der Waals surface area contributed by atoms with Crippen molar-refractivity contribution in [1.29, 1.82) is 0 Å². The van der Waals surface area contributed by atoms with Crippen molar-refractivity contribution in [3.63, 3.8) is 0 Å². The molecule has 1 atom stereocenters. The van der Waals surface area contributed by atoms with Gasteiger partial charge in [-0.15, -0.1) is 0 Å². The van der Waals surface area contributed by atoms with E-state index in [1.807, 2.05) is 0 Å². The minimum Gasteiger partial charge on any atom is -0.478 e. The summed E-state index contributed by atoms with van der Waals surface area (Å²) < 4.78 is 43.1. The summed E-state index contributed by atoms with van der Waals surface area (Å²) in [6, 6.07) is -1.28. The average molecular weight is 336 g/mol. The van der Waals surface area contributed by atoms with Crippen LogP contribution in [0.25, 0.3) is 0 Å². The van der Waals surface area contributed by atoms with Gasteiger partial charge in [0.25, 0.3) is 11.7 Å². The third kappa shape index (κ3) is 4.09. The fourth-order valence-electron chi connectivity index (χ4n) is 1.82. The number of carbonyl (C=O) groups excluding carboxylic acids is 2. The molecule has 0 saturated carbocycles. The Morgan fingerprint density at radius 1 is 1.39 bits per heavy atom. The number of hydrogen-bond donors (Lipinski definition) is 2. The van der Waals surface area contributed by atoms with Gasteiger partial charge in [0.15, 0.2) is 0 Å². The van der Waals surface area contributed by atoms with Crippen LogP contribution < -0.4 is 5.32 Å². The van der Waals surface area contributed by atoms with Crippen LogP contribution in [0.2, 0.25) is 0 Å². The van der Waals surface area contributed by atoms with Crippen LogP contribution >= 0.6 is 0 Å². The Hall–Kier alpha value is -2.36. The molecule has 2 N–H and O–H groups in total. The average Bonchev–Trinajstić information content (AvgIpc) is 2.75. The molecule has 1 unspecified atom stereocenters. The van der Waals surface area contributed by atoms with E-state index in [2.05, 4.69) is 0 Å². The van der Waals surface area contributed by atoms with Crippen molar-refractivity contribution in [2.45, 2.75) is 25.7 Å². The fourth-order valence-corrected chi connectivity index (χ4v) is 1.82. The van der Waals surface area contributed by atoms with Crippen molar-refractivity contribution in [2.24, 2.45) is 7.05 Å². The SMILES string of the molecule is COCc1c(C(=O)O)cc(C(=O)C(=O)NC(C)C(F)(F)F)n1C. The largest absolute Gasteiger partial charge is 0.478 e. The summed E-state index contributed by atoms with van der Waals surface area (Å²) in [5.74, 6) is -4.10. The molecular formula is C13H15F3N2O5. The van der Waals surface area contributed by atoms with Crippen LogP contribution in [-0.4, -0.2) is 46.7 Å². The molecule has 0 aliphatic rings. The maximum atomic E-state index is 12.4. The molecule has 0 saturated heterocycles. The highest BCUT2D eigenvalue weighted by molar-refractivity contribution is 6.42. The lowest BCUT2D eigenvalue weighted by Gasteiger charge is -2.16. The van der Waals surface area contributed by atoms with Crippen LogP contribution in [0.15, 0.2) is 6.07 Å². The number of rotatable bonds is 6. The van der Waals surface area contributed by atoms with E-state index in [4.69, 9.17) is 9.84 Å². The van der Waals surface area contributed by atoms with E-state index in [-0.39, 0.29) is 23.6 Å². The summed E-state index contributed by atoms with van der Waals surface area (Å²) in [7, 11) is 2.62. The summed E-state index contributed by atoms with van der Waals surface area (Å²) in [5.41, 5.74) is -0.504. The first-order valence-electron chi connectivity index (χ1n) is 6.33. The van der Waals surface area contributed by atoms with Gasteiger partial charge in [-0.2, -0.15) is 13.2 Å². The van der Waals surface area contributed by atoms with Crippen LogP contribution in [0.5, 0.6) is 0 Å². The minimum atomic E-state index is -4.70. The van der Waals surface area contributed by atoms with Crippen molar-refractivity contribution in [3.05, 3.63) is 23.0 Å². The first kappa shape index (κ1) is 18.7. The predicted octanol–water partition coefficient (Wildman–Crippen LogP) is 1.12. The summed E-state index contributed by atoms with van der Waals surface area (Å²) >= 11 is 0. The number of carboxylic acids is 1. The number of Topliss-reactive ketones (excluding diaryl/α,β-unsaturated/α-hetero) is 1. The van der Waals surface area contributed by atoms with Crippen molar-refractivity contribution in [3.8, 4) is 0 Å². The van der Waals surface area contributed by atoms with Gasteiger partial charge in [0.05, 0.1) is 23.6 Å². The van der Waals surface area contributed by atoms with E-state index >= 15 is 0 Å². The van der Waals surface area contributed by atoms with Gasteiger partial charge in [-0.1, -0.05) is 0 Å². The minimum absolute atomic E-state index is 0.111. The smallest absolute Gasteiger partial charge is 0.408 e. The first-order valence-corrected chi connectivity index (χ1v) is 6.33. The Kier molecular flexibility index (Phi) is 5.54. The zero-order chi connectivity index (χ0) is 17.9. The maximum Gasteiger partial charge on any atom is 0.408 e. The topological polar surface area (TPSA) is 97.6 Å². The highest BCUT2D eigenvalue weighted by atomic mass is 19.4. The molecule has 1 amide bonds. The molecular weight excluding hydrogens is 321 g/mol. The molecule has 1 aromatic rings. The van der Waals surface area contributed by atoms with Crippen LogP contribution in [0.4, 0.5) is 13.2 Å². The monoisotopic (exact) mass is 336 g/mol. The number of alkyl halides is 3. The van der Waals surface area contributed by atoms with Crippen molar-refractivity contribution in [2.75, 3.05) is 7.11 Å². The number of amides is 1. The molecule has 1 aromatic heterocycles. The van der Waals surface area contributed by atoms with Gasteiger partial charge in [0, 0.05) is 14.2 Å². The van der Waals surface area contributed by atoms with Gasteiger partial charge in [-0.3, -0.25) is 9.59 Å². The lowest BCUT2D eigenvalue weighted by Crippen LogP contribution is -2.46. The molecule has 1 rings (SSSR count).